The lowest BCUT2D eigenvalue weighted by Crippen LogP contribution is -2.32. The molecule has 1 rings (SSSR count). The van der Waals surface area contributed by atoms with Gasteiger partial charge in [-0.05, 0) is 25.3 Å². The number of carbonyl (C=O) groups excluding carboxylic acids is 1. The van der Waals surface area contributed by atoms with Crippen molar-refractivity contribution in [1.82, 2.24) is 10.6 Å². The largest absolute Gasteiger partial charge is 0.383 e. The van der Waals surface area contributed by atoms with Gasteiger partial charge in [0.1, 0.15) is 0 Å². The fourth-order valence-electron chi connectivity index (χ4n) is 1.89. The summed E-state index contributed by atoms with van der Waals surface area (Å²) in [5.74, 6) is 0.130. The van der Waals surface area contributed by atoms with Crippen LogP contribution in [-0.4, -0.2) is 39.3 Å². The van der Waals surface area contributed by atoms with Gasteiger partial charge < -0.3 is 15.4 Å². The first kappa shape index (κ1) is 16.7. The Balaban J connectivity index is 2.01. The predicted molar refractivity (Wildman–Crippen MR) is 81.9 cm³/mol. The van der Waals surface area contributed by atoms with Gasteiger partial charge in [0.2, 0.25) is 5.91 Å². The Labute approximate surface area is 121 Å². The zero-order chi connectivity index (χ0) is 14.6. The van der Waals surface area contributed by atoms with E-state index >= 15 is 0 Å². The number of benzene rings is 1. The summed E-state index contributed by atoms with van der Waals surface area (Å²) in [5.41, 5.74) is 2.57. The van der Waals surface area contributed by atoms with Crippen molar-refractivity contribution < 1.29 is 9.53 Å². The Bertz CT molecular complexity index is 377. The Hall–Kier alpha value is -1.39. The first-order valence-electron chi connectivity index (χ1n) is 7.24. The van der Waals surface area contributed by atoms with Crippen LogP contribution in [0.5, 0.6) is 0 Å². The molecule has 1 amide bonds. The van der Waals surface area contributed by atoms with Gasteiger partial charge in [-0.2, -0.15) is 0 Å². The maximum Gasteiger partial charge on any atom is 0.220 e. The molecule has 0 atom stereocenters. The van der Waals surface area contributed by atoms with Crippen LogP contribution in [0.4, 0.5) is 0 Å². The van der Waals surface area contributed by atoms with Crippen molar-refractivity contribution in [3.8, 4) is 0 Å². The average molecular weight is 278 g/mol. The monoisotopic (exact) mass is 278 g/mol. The van der Waals surface area contributed by atoms with Crippen LogP contribution in [0.15, 0.2) is 24.3 Å². The van der Waals surface area contributed by atoms with Crippen LogP contribution < -0.4 is 10.6 Å². The molecule has 2 N–H and O–H groups in total. The van der Waals surface area contributed by atoms with Gasteiger partial charge >= 0.3 is 0 Å². The van der Waals surface area contributed by atoms with E-state index in [1.807, 2.05) is 0 Å². The van der Waals surface area contributed by atoms with Gasteiger partial charge in [-0.1, -0.05) is 29.8 Å². The fourth-order valence-corrected chi connectivity index (χ4v) is 1.89. The van der Waals surface area contributed by atoms with Crippen molar-refractivity contribution in [2.24, 2.45) is 0 Å². The molecule has 20 heavy (non-hydrogen) atoms. The molecule has 4 nitrogen and oxygen atoms in total. The van der Waals surface area contributed by atoms with Gasteiger partial charge in [0.05, 0.1) is 6.61 Å². The van der Waals surface area contributed by atoms with E-state index in [1.165, 1.54) is 11.1 Å². The summed E-state index contributed by atoms with van der Waals surface area (Å²) >= 11 is 0. The highest BCUT2D eigenvalue weighted by Gasteiger charge is 2.01. The minimum Gasteiger partial charge on any atom is -0.383 e. The number of hydrogen-bond acceptors (Lipinski definition) is 3. The summed E-state index contributed by atoms with van der Waals surface area (Å²) in [4.78, 5) is 11.6. The van der Waals surface area contributed by atoms with Gasteiger partial charge in [-0.15, -0.1) is 0 Å². The van der Waals surface area contributed by atoms with Crippen LogP contribution >= 0.6 is 0 Å². The van der Waals surface area contributed by atoms with Crippen LogP contribution in [0, 0.1) is 6.92 Å². The second-order valence-electron chi connectivity index (χ2n) is 4.93. The van der Waals surface area contributed by atoms with Gasteiger partial charge in [0.25, 0.3) is 0 Å². The third kappa shape index (κ3) is 7.92. The zero-order valence-electron chi connectivity index (χ0n) is 12.6. The zero-order valence-corrected chi connectivity index (χ0v) is 12.6. The van der Waals surface area contributed by atoms with Gasteiger partial charge in [0, 0.05) is 33.2 Å². The number of ether oxygens (including phenoxy) is 1. The lowest BCUT2D eigenvalue weighted by molar-refractivity contribution is -0.121. The molecule has 0 heterocycles. The van der Waals surface area contributed by atoms with Crippen molar-refractivity contribution in [3.05, 3.63) is 35.4 Å². The molecule has 0 aliphatic rings. The second kappa shape index (κ2) is 10.4. The lowest BCUT2D eigenvalue weighted by atomic mass is 10.1. The average Bonchev–Trinajstić information content (AvgIpc) is 2.45. The molecule has 0 aliphatic heterocycles. The van der Waals surface area contributed by atoms with Crippen LogP contribution in [0.2, 0.25) is 0 Å². The molecule has 4 heteroatoms. The normalized spacial score (nSPS) is 10.5. The maximum atomic E-state index is 11.6. The highest BCUT2D eigenvalue weighted by molar-refractivity contribution is 5.75. The molecule has 0 saturated heterocycles. The molecule has 0 bridgehead atoms. The predicted octanol–water partition coefficient (Wildman–Crippen LogP) is 1.67. The van der Waals surface area contributed by atoms with Gasteiger partial charge in [-0.25, -0.2) is 0 Å². The summed E-state index contributed by atoms with van der Waals surface area (Å²) in [5, 5.41) is 6.10. The molecule has 0 fully saturated rings. The highest BCUT2D eigenvalue weighted by atomic mass is 16.5. The molecular weight excluding hydrogens is 252 g/mol. The Kier molecular flexibility index (Phi) is 8.67. The van der Waals surface area contributed by atoms with Crippen molar-refractivity contribution in [3.63, 3.8) is 0 Å². The molecule has 0 aromatic heterocycles. The van der Waals surface area contributed by atoms with E-state index in [1.54, 1.807) is 7.11 Å². The summed E-state index contributed by atoms with van der Waals surface area (Å²) in [6.07, 6.45) is 2.44. The second-order valence-corrected chi connectivity index (χ2v) is 4.93. The third-order valence-electron chi connectivity index (χ3n) is 3.10. The molecular formula is C16H26N2O2. The lowest BCUT2D eigenvalue weighted by Gasteiger charge is -2.06. The number of amides is 1. The standard InChI is InChI=1S/C16H26N2O2/c1-14-6-8-15(9-7-14)4-3-5-16(19)18-11-10-17-12-13-20-2/h6-9,17H,3-5,10-13H2,1-2H3,(H,18,19). The molecule has 0 saturated carbocycles. The van der Waals surface area contributed by atoms with Crippen molar-refractivity contribution in [1.29, 1.82) is 0 Å². The van der Waals surface area contributed by atoms with E-state index in [-0.39, 0.29) is 5.91 Å². The van der Waals surface area contributed by atoms with Crippen LogP contribution in [-0.2, 0) is 16.0 Å². The summed E-state index contributed by atoms with van der Waals surface area (Å²) in [7, 11) is 1.68. The number of carbonyl (C=O) groups is 1. The number of hydrogen-bond donors (Lipinski definition) is 2. The molecule has 0 radical (unpaired) electrons. The Morgan fingerprint density at radius 1 is 1.15 bits per heavy atom. The van der Waals surface area contributed by atoms with Crippen LogP contribution in [0.1, 0.15) is 24.0 Å². The molecule has 1 aromatic carbocycles. The molecule has 112 valence electrons. The Morgan fingerprint density at radius 3 is 2.60 bits per heavy atom. The number of methoxy groups -OCH3 is 1. The molecule has 0 aliphatic carbocycles. The van der Waals surface area contributed by atoms with E-state index in [2.05, 4.69) is 41.8 Å². The number of nitrogens with one attached hydrogen (secondary N) is 2. The molecule has 0 spiro atoms. The minimum absolute atomic E-state index is 0.130. The SMILES string of the molecule is COCCNCCNC(=O)CCCc1ccc(C)cc1. The maximum absolute atomic E-state index is 11.6. The highest BCUT2D eigenvalue weighted by Crippen LogP contribution is 2.06. The van der Waals surface area contributed by atoms with Gasteiger partial charge in [0.15, 0.2) is 0 Å². The summed E-state index contributed by atoms with van der Waals surface area (Å²) < 4.78 is 4.92. The Morgan fingerprint density at radius 2 is 1.90 bits per heavy atom. The third-order valence-corrected chi connectivity index (χ3v) is 3.10. The van der Waals surface area contributed by atoms with Crippen molar-refractivity contribution in [2.75, 3.05) is 33.4 Å². The van der Waals surface area contributed by atoms with Crippen LogP contribution in [0.3, 0.4) is 0 Å². The summed E-state index contributed by atoms with van der Waals surface area (Å²) in [6.45, 7) is 5.06. The first-order chi connectivity index (χ1) is 9.72. The van der Waals surface area contributed by atoms with E-state index in [0.29, 0.717) is 19.6 Å². The van der Waals surface area contributed by atoms with Gasteiger partial charge in [-0.3, -0.25) is 4.79 Å². The van der Waals surface area contributed by atoms with E-state index in [9.17, 15) is 4.79 Å². The van der Waals surface area contributed by atoms with E-state index in [0.717, 1.165) is 25.9 Å². The van der Waals surface area contributed by atoms with E-state index < -0.39 is 0 Å². The van der Waals surface area contributed by atoms with Crippen molar-refractivity contribution in [2.45, 2.75) is 26.2 Å². The van der Waals surface area contributed by atoms with Crippen LogP contribution in [0.25, 0.3) is 0 Å². The number of rotatable bonds is 10. The summed E-state index contributed by atoms with van der Waals surface area (Å²) in [6, 6.07) is 8.49. The smallest absolute Gasteiger partial charge is 0.220 e. The minimum atomic E-state index is 0.130. The molecule has 1 aromatic rings. The fraction of sp³-hybridized carbons (Fsp3) is 0.562. The number of aryl methyl sites for hydroxylation is 2. The first-order valence-corrected chi connectivity index (χ1v) is 7.24. The topological polar surface area (TPSA) is 50.4 Å². The van der Waals surface area contributed by atoms with E-state index in [4.69, 9.17) is 4.74 Å². The quantitative estimate of drug-likeness (QED) is 0.640. The molecule has 0 unspecified atom stereocenters. The van der Waals surface area contributed by atoms with Crippen molar-refractivity contribution >= 4 is 5.91 Å².